The van der Waals surface area contributed by atoms with Crippen LogP contribution >= 0.6 is 0 Å². The first kappa shape index (κ1) is 8.52. The van der Waals surface area contributed by atoms with E-state index in [0.29, 0.717) is 18.3 Å². The van der Waals surface area contributed by atoms with Gasteiger partial charge in [-0.1, -0.05) is 5.21 Å². The van der Waals surface area contributed by atoms with Crippen molar-refractivity contribution >= 4 is 5.82 Å². The van der Waals surface area contributed by atoms with Crippen LogP contribution in [-0.4, -0.2) is 15.0 Å². The van der Waals surface area contributed by atoms with Crippen molar-refractivity contribution in [1.29, 1.82) is 0 Å². The van der Waals surface area contributed by atoms with Crippen LogP contribution in [0.3, 0.4) is 0 Å². The number of rotatable bonds is 3. The van der Waals surface area contributed by atoms with E-state index in [4.69, 9.17) is 10.2 Å². The van der Waals surface area contributed by atoms with Crippen LogP contribution in [0.2, 0.25) is 0 Å². The van der Waals surface area contributed by atoms with Crippen molar-refractivity contribution < 1.29 is 4.42 Å². The van der Waals surface area contributed by atoms with Crippen molar-refractivity contribution in [2.24, 2.45) is 0 Å². The van der Waals surface area contributed by atoms with Gasteiger partial charge in [-0.3, -0.25) is 0 Å². The van der Waals surface area contributed by atoms with Gasteiger partial charge in [0.15, 0.2) is 5.82 Å². The molecule has 1 saturated carbocycles. The van der Waals surface area contributed by atoms with Gasteiger partial charge in [-0.15, -0.1) is 5.10 Å². The number of furan rings is 1. The summed E-state index contributed by atoms with van der Waals surface area (Å²) < 4.78 is 6.89. The zero-order chi connectivity index (χ0) is 10.3. The molecule has 0 bridgehead atoms. The van der Waals surface area contributed by atoms with Crippen molar-refractivity contribution in [3.05, 3.63) is 29.9 Å². The van der Waals surface area contributed by atoms with E-state index in [1.54, 1.807) is 12.5 Å². The molecule has 1 aliphatic rings. The number of nitrogen functional groups attached to an aromatic ring is 1. The molecule has 0 unspecified atom stereocenters. The Morgan fingerprint density at radius 1 is 1.53 bits per heavy atom. The third kappa shape index (κ3) is 1.49. The highest BCUT2D eigenvalue weighted by atomic mass is 16.3. The van der Waals surface area contributed by atoms with Crippen LogP contribution in [0.15, 0.2) is 23.0 Å². The highest BCUT2D eigenvalue weighted by Crippen LogP contribution is 2.42. The van der Waals surface area contributed by atoms with Crippen molar-refractivity contribution in [3.8, 4) is 0 Å². The molecule has 0 radical (unpaired) electrons. The summed E-state index contributed by atoms with van der Waals surface area (Å²) in [6, 6.07) is 1.93. The van der Waals surface area contributed by atoms with Gasteiger partial charge in [-0.2, -0.15) is 0 Å². The molecule has 2 aromatic rings. The second-order valence-electron chi connectivity index (χ2n) is 3.92. The van der Waals surface area contributed by atoms with Crippen molar-refractivity contribution in [3.63, 3.8) is 0 Å². The Balaban J connectivity index is 1.91. The fourth-order valence-electron chi connectivity index (χ4n) is 1.78. The Bertz CT molecular complexity index is 456. The molecule has 1 fully saturated rings. The van der Waals surface area contributed by atoms with E-state index in [1.165, 1.54) is 12.8 Å². The fourth-order valence-corrected chi connectivity index (χ4v) is 1.78. The van der Waals surface area contributed by atoms with E-state index in [1.807, 2.05) is 10.7 Å². The zero-order valence-corrected chi connectivity index (χ0v) is 8.26. The van der Waals surface area contributed by atoms with Gasteiger partial charge in [-0.25, -0.2) is 4.68 Å². The lowest BCUT2D eigenvalue weighted by atomic mass is 10.2. The topological polar surface area (TPSA) is 69.9 Å². The summed E-state index contributed by atoms with van der Waals surface area (Å²) in [7, 11) is 0. The second-order valence-corrected chi connectivity index (χ2v) is 3.92. The molecule has 0 aliphatic heterocycles. The highest BCUT2D eigenvalue weighted by molar-refractivity contribution is 5.38. The molecular weight excluding hydrogens is 192 g/mol. The predicted molar refractivity (Wildman–Crippen MR) is 54.2 cm³/mol. The number of hydrogen-bond donors (Lipinski definition) is 1. The Kier molecular flexibility index (Phi) is 1.77. The van der Waals surface area contributed by atoms with E-state index in [9.17, 15) is 0 Å². The molecule has 3 rings (SSSR count). The summed E-state index contributed by atoms with van der Waals surface area (Å²) >= 11 is 0. The summed E-state index contributed by atoms with van der Waals surface area (Å²) in [5.74, 6) is 1.13. The first-order chi connectivity index (χ1) is 7.34. The Hall–Kier alpha value is -1.78. The van der Waals surface area contributed by atoms with E-state index >= 15 is 0 Å². The van der Waals surface area contributed by atoms with Gasteiger partial charge in [0, 0.05) is 11.5 Å². The largest absolute Gasteiger partial charge is 0.472 e. The third-order valence-electron chi connectivity index (χ3n) is 2.68. The van der Waals surface area contributed by atoms with Crippen LogP contribution < -0.4 is 5.73 Å². The minimum Gasteiger partial charge on any atom is -0.472 e. The van der Waals surface area contributed by atoms with Crippen LogP contribution in [0.4, 0.5) is 5.82 Å². The summed E-state index contributed by atoms with van der Waals surface area (Å²) in [6.45, 7) is 0.687. The van der Waals surface area contributed by atoms with Crippen LogP contribution in [0.5, 0.6) is 0 Å². The molecule has 2 heterocycles. The predicted octanol–water partition coefficient (Wildman–Crippen LogP) is 1.38. The number of nitrogens with zero attached hydrogens (tertiary/aromatic N) is 3. The lowest BCUT2D eigenvalue weighted by Crippen LogP contribution is -2.05. The zero-order valence-electron chi connectivity index (χ0n) is 8.26. The molecule has 78 valence electrons. The standard InChI is InChI=1S/C10H12N4O/c11-10-9(8-1-2-8)14(13-12-10)5-7-3-4-15-6-7/h3-4,6,8H,1-2,5,11H2. The molecule has 0 atom stereocenters. The lowest BCUT2D eigenvalue weighted by molar-refractivity contribution is 0.555. The molecule has 0 saturated heterocycles. The summed E-state index contributed by atoms with van der Waals surface area (Å²) in [5, 5.41) is 7.97. The van der Waals surface area contributed by atoms with Crippen molar-refractivity contribution in [2.75, 3.05) is 5.73 Å². The van der Waals surface area contributed by atoms with Crippen LogP contribution in [0.25, 0.3) is 0 Å². The Labute approximate surface area is 86.9 Å². The molecule has 5 heteroatoms. The van der Waals surface area contributed by atoms with Gasteiger partial charge in [0.2, 0.25) is 0 Å². The maximum absolute atomic E-state index is 5.79. The summed E-state index contributed by atoms with van der Waals surface area (Å²) in [6.07, 6.45) is 5.77. The smallest absolute Gasteiger partial charge is 0.169 e. The van der Waals surface area contributed by atoms with Crippen LogP contribution in [-0.2, 0) is 6.54 Å². The lowest BCUT2D eigenvalue weighted by Gasteiger charge is -2.03. The molecule has 0 spiro atoms. The van der Waals surface area contributed by atoms with Gasteiger partial charge in [0.05, 0.1) is 24.8 Å². The number of anilines is 1. The molecule has 0 amide bonds. The second kappa shape index (κ2) is 3.12. The van der Waals surface area contributed by atoms with Gasteiger partial charge in [0.25, 0.3) is 0 Å². The average Bonchev–Trinajstić information content (AvgIpc) is 2.80. The van der Waals surface area contributed by atoms with Gasteiger partial charge >= 0.3 is 0 Å². The number of nitrogens with two attached hydrogens (primary N) is 1. The van der Waals surface area contributed by atoms with E-state index < -0.39 is 0 Å². The minimum atomic E-state index is 0.562. The molecular formula is C10H12N4O. The quantitative estimate of drug-likeness (QED) is 0.819. The molecule has 2 N–H and O–H groups in total. The molecule has 0 aromatic carbocycles. The van der Waals surface area contributed by atoms with Crippen LogP contribution in [0, 0.1) is 0 Å². The third-order valence-corrected chi connectivity index (χ3v) is 2.68. The highest BCUT2D eigenvalue weighted by Gasteiger charge is 2.30. The Morgan fingerprint density at radius 3 is 3.07 bits per heavy atom. The normalized spacial score (nSPS) is 15.7. The minimum absolute atomic E-state index is 0.562. The monoisotopic (exact) mass is 204 g/mol. The first-order valence-electron chi connectivity index (χ1n) is 5.04. The maximum Gasteiger partial charge on any atom is 0.169 e. The van der Waals surface area contributed by atoms with Crippen molar-refractivity contribution in [1.82, 2.24) is 15.0 Å². The van der Waals surface area contributed by atoms with Crippen LogP contribution in [0.1, 0.15) is 30.0 Å². The van der Waals surface area contributed by atoms with E-state index in [0.717, 1.165) is 11.3 Å². The van der Waals surface area contributed by atoms with E-state index in [-0.39, 0.29) is 0 Å². The van der Waals surface area contributed by atoms with Gasteiger partial charge in [0.1, 0.15) is 0 Å². The Morgan fingerprint density at radius 2 is 2.40 bits per heavy atom. The fraction of sp³-hybridized carbons (Fsp3) is 0.400. The summed E-state index contributed by atoms with van der Waals surface area (Å²) in [5.41, 5.74) is 7.96. The van der Waals surface area contributed by atoms with Gasteiger partial charge in [-0.05, 0) is 18.9 Å². The molecule has 15 heavy (non-hydrogen) atoms. The molecule has 5 nitrogen and oxygen atoms in total. The SMILES string of the molecule is Nc1nnn(Cc2ccoc2)c1C1CC1. The number of hydrogen-bond acceptors (Lipinski definition) is 4. The maximum atomic E-state index is 5.79. The molecule has 1 aliphatic carbocycles. The first-order valence-corrected chi connectivity index (χ1v) is 5.04. The van der Waals surface area contributed by atoms with E-state index in [2.05, 4.69) is 10.3 Å². The van der Waals surface area contributed by atoms with Crippen molar-refractivity contribution in [2.45, 2.75) is 25.3 Å². The number of aromatic nitrogens is 3. The summed E-state index contributed by atoms with van der Waals surface area (Å²) in [4.78, 5) is 0. The van der Waals surface area contributed by atoms with Gasteiger partial charge < -0.3 is 10.2 Å². The average molecular weight is 204 g/mol. The molecule has 2 aromatic heterocycles.